The van der Waals surface area contributed by atoms with Gasteiger partial charge < -0.3 is 15.0 Å². The fourth-order valence-corrected chi connectivity index (χ4v) is 1.81. The maximum atomic E-state index is 11.7. The summed E-state index contributed by atoms with van der Waals surface area (Å²) in [5.41, 5.74) is 0. The minimum atomic E-state index is 0.210. The second kappa shape index (κ2) is 6.08. The van der Waals surface area contributed by atoms with Gasteiger partial charge in [-0.05, 0) is 11.8 Å². The number of methoxy groups -OCH3 is 1. The molecule has 1 N–H and O–H groups in total. The molecule has 2 unspecified atom stereocenters. The molecule has 0 saturated carbocycles. The number of hydrogen-bond donors (Lipinski definition) is 1. The minimum Gasteiger partial charge on any atom is -0.383 e. The van der Waals surface area contributed by atoms with E-state index in [2.05, 4.69) is 19.2 Å². The second-order valence-corrected chi connectivity index (χ2v) is 4.42. The van der Waals surface area contributed by atoms with Gasteiger partial charge in [0.1, 0.15) is 0 Å². The van der Waals surface area contributed by atoms with Crippen LogP contribution in [0.4, 0.5) is 0 Å². The van der Waals surface area contributed by atoms with Crippen LogP contribution >= 0.6 is 0 Å². The van der Waals surface area contributed by atoms with Crippen LogP contribution in [-0.2, 0) is 9.53 Å². The van der Waals surface area contributed by atoms with Crippen molar-refractivity contribution in [1.82, 2.24) is 10.2 Å². The minimum absolute atomic E-state index is 0.210. The van der Waals surface area contributed by atoms with E-state index in [1.54, 1.807) is 7.11 Å². The monoisotopic (exact) mass is 214 g/mol. The van der Waals surface area contributed by atoms with Crippen LogP contribution in [0, 0.1) is 11.8 Å². The summed E-state index contributed by atoms with van der Waals surface area (Å²) in [6.07, 6.45) is 0. The number of amides is 1. The maximum absolute atomic E-state index is 11.7. The Labute approximate surface area is 92.0 Å². The zero-order chi connectivity index (χ0) is 11.3. The highest BCUT2D eigenvalue weighted by molar-refractivity contribution is 5.78. The normalized spacial score (nSPS) is 25.9. The summed E-state index contributed by atoms with van der Waals surface area (Å²) in [7, 11) is 1.66. The Hall–Kier alpha value is -0.610. The molecule has 1 heterocycles. The van der Waals surface area contributed by atoms with Gasteiger partial charge in [0.25, 0.3) is 0 Å². The molecule has 0 aromatic heterocycles. The van der Waals surface area contributed by atoms with E-state index in [1.165, 1.54) is 0 Å². The molecule has 88 valence electrons. The predicted octanol–water partition coefficient (Wildman–Crippen LogP) is 0.337. The van der Waals surface area contributed by atoms with Crippen molar-refractivity contribution in [2.24, 2.45) is 11.8 Å². The molecule has 15 heavy (non-hydrogen) atoms. The van der Waals surface area contributed by atoms with E-state index in [4.69, 9.17) is 4.74 Å². The predicted molar refractivity (Wildman–Crippen MR) is 59.7 cm³/mol. The lowest BCUT2D eigenvalue weighted by atomic mass is 10.0. The van der Waals surface area contributed by atoms with Crippen LogP contribution in [-0.4, -0.2) is 50.7 Å². The molecule has 0 radical (unpaired) electrons. The van der Waals surface area contributed by atoms with Gasteiger partial charge in [0, 0.05) is 26.7 Å². The van der Waals surface area contributed by atoms with Crippen LogP contribution in [0.5, 0.6) is 0 Å². The van der Waals surface area contributed by atoms with Crippen LogP contribution in [0.2, 0.25) is 0 Å². The van der Waals surface area contributed by atoms with Crippen molar-refractivity contribution in [2.45, 2.75) is 13.8 Å². The van der Waals surface area contributed by atoms with Gasteiger partial charge in [0.15, 0.2) is 0 Å². The molecule has 4 heteroatoms. The van der Waals surface area contributed by atoms with Crippen LogP contribution in [0.1, 0.15) is 13.8 Å². The molecular weight excluding hydrogens is 192 g/mol. The van der Waals surface area contributed by atoms with E-state index in [0.29, 0.717) is 25.0 Å². The fourth-order valence-electron chi connectivity index (χ4n) is 1.81. The average molecular weight is 214 g/mol. The highest BCUT2D eigenvalue weighted by Crippen LogP contribution is 2.21. The molecule has 1 fully saturated rings. The van der Waals surface area contributed by atoms with Crippen molar-refractivity contribution in [1.29, 1.82) is 0 Å². The van der Waals surface area contributed by atoms with Gasteiger partial charge in [-0.15, -0.1) is 0 Å². The smallest absolute Gasteiger partial charge is 0.236 e. The Balaban J connectivity index is 2.18. The summed E-state index contributed by atoms with van der Waals surface area (Å²) in [4.78, 5) is 13.7. The first-order chi connectivity index (χ1) is 7.15. The first-order valence-corrected chi connectivity index (χ1v) is 5.62. The Kier molecular flexibility index (Phi) is 5.05. The standard InChI is InChI=1S/C11H22N2O2/c1-9-7-13(8-10(9)2)11(14)6-12-4-5-15-3/h9-10,12H,4-8H2,1-3H3. The molecule has 2 atom stereocenters. The molecule has 1 rings (SSSR count). The van der Waals surface area contributed by atoms with E-state index in [9.17, 15) is 4.79 Å². The van der Waals surface area contributed by atoms with Crippen LogP contribution < -0.4 is 5.32 Å². The molecule has 1 aliphatic heterocycles. The number of likely N-dealkylation sites (tertiary alicyclic amines) is 1. The van der Waals surface area contributed by atoms with E-state index >= 15 is 0 Å². The van der Waals surface area contributed by atoms with Crippen molar-refractivity contribution in [3.05, 3.63) is 0 Å². The number of hydrogen-bond acceptors (Lipinski definition) is 3. The summed E-state index contributed by atoms with van der Waals surface area (Å²) in [5, 5.41) is 3.08. The number of nitrogens with one attached hydrogen (secondary N) is 1. The summed E-state index contributed by atoms with van der Waals surface area (Å²) in [6, 6.07) is 0. The molecule has 0 aromatic rings. The number of carbonyl (C=O) groups is 1. The number of ether oxygens (including phenoxy) is 1. The quantitative estimate of drug-likeness (QED) is 0.671. The lowest BCUT2D eigenvalue weighted by Crippen LogP contribution is -2.37. The van der Waals surface area contributed by atoms with Gasteiger partial charge in [-0.1, -0.05) is 13.8 Å². The average Bonchev–Trinajstić information content (AvgIpc) is 2.54. The third kappa shape index (κ3) is 3.80. The Bertz CT molecular complexity index is 199. The van der Waals surface area contributed by atoms with Crippen LogP contribution in [0.15, 0.2) is 0 Å². The first-order valence-electron chi connectivity index (χ1n) is 5.62. The van der Waals surface area contributed by atoms with E-state index in [0.717, 1.165) is 19.6 Å². The van der Waals surface area contributed by atoms with Crippen molar-refractivity contribution in [2.75, 3.05) is 39.9 Å². The molecule has 0 aliphatic carbocycles. The summed E-state index contributed by atoms with van der Waals surface area (Å²) < 4.78 is 4.90. The van der Waals surface area contributed by atoms with Crippen molar-refractivity contribution in [3.63, 3.8) is 0 Å². The van der Waals surface area contributed by atoms with Crippen molar-refractivity contribution < 1.29 is 9.53 Å². The molecule has 4 nitrogen and oxygen atoms in total. The van der Waals surface area contributed by atoms with Gasteiger partial charge in [0.2, 0.25) is 5.91 Å². The van der Waals surface area contributed by atoms with Gasteiger partial charge in [-0.25, -0.2) is 0 Å². The third-order valence-electron chi connectivity index (χ3n) is 3.10. The SMILES string of the molecule is COCCNCC(=O)N1CC(C)C(C)C1. The summed E-state index contributed by atoms with van der Waals surface area (Å²) in [6.45, 7) is 8.05. The lowest BCUT2D eigenvalue weighted by Gasteiger charge is -2.16. The molecule has 0 bridgehead atoms. The topological polar surface area (TPSA) is 41.6 Å². The third-order valence-corrected chi connectivity index (χ3v) is 3.10. The highest BCUT2D eigenvalue weighted by atomic mass is 16.5. The molecule has 1 aliphatic rings. The maximum Gasteiger partial charge on any atom is 0.236 e. The lowest BCUT2D eigenvalue weighted by molar-refractivity contribution is -0.129. The Morgan fingerprint density at radius 3 is 2.53 bits per heavy atom. The molecule has 1 saturated heterocycles. The van der Waals surface area contributed by atoms with E-state index < -0.39 is 0 Å². The van der Waals surface area contributed by atoms with Crippen molar-refractivity contribution in [3.8, 4) is 0 Å². The zero-order valence-corrected chi connectivity index (χ0v) is 9.95. The second-order valence-electron chi connectivity index (χ2n) is 4.42. The summed E-state index contributed by atoms with van der Waals surface area (Å²) in [5.74, 6) is 1.48. The van der Waals surface area contributed by atoms with Crippen molar-refractivity contribution >= 4 is 5.91 Å². The fraction of sp³-hybridized carbons (Fsp3) is 0.909. The Morgan fingerprint density at radius 1 is 1.40 bits per heavy atom. The van der Waals surface area contributed by atoms with Crippen LogP contribution in [0.3, 0.4) is 0 Å². The van der Waals surface area contributed by atoms with Gasteiger partial charge in [-0.3, -0.25) is 4.79 Å². The largest absolute Gasteiger partial charge is 0.383 e. The molecule has 1 amide bonds. The Morgan fingerprint density at radius 2 is 2.00 bits per heavy atom. The highest BCUT2D eigenvalue weighted by Gasteiger charge is 2.28. The van der Waals surface area contributed by atoms with Crippen LogP contribution in [0.25, 0.3) is 0 Å². The van der Waals surface area contributed by atoms with Gasteiger partial charge in [-0.2, -0.15) is 0 Å². The van der Waals surface area contributed by atoms with E-state index in [-0.39, 0.29) is 5.91 Å². The van der Waals surface area contributed by atoms with E-state index in [1.807, 2.05) is 4.90 Å². The molecule has 0 aromatic carbocycles. The summed E-state index contributed by atoms with van der Waals surface area (Å²) >= 11 is 0. The first kappa shape index (κ1) is 12.5. The number of nitrogens with zero attached hydrogens (tertiary/aromatic N) is 1. The molecular formula is C11H22N2O2. The zero-order valence-electron chi connectivity index (χ0n) is 9.95. The van der Waals surface area contributed by atoms with Gasteiger partial charge in [0.05, 0.1) is 13.2 Å². The number of rotatable bonds is 5. The number of carbonyl (C=O) groups excluding carboxylic acids is 1. The van der Waals surface area contributed by atoms with Gasteiger partial charge >= 0.3 is 0 Å². The molecule has 0 spiro atoms.